The Bertz CT molecular complexity index is 653. The van der Waals surface area contributed by atoms with Gasteiger partial charge >= 0.3 is 5.97 Å². The number of carbonyl (C=O) groups is 3. The number of benzene rings is 1. The summed E-state index contributed by atoms with van der Waals surface area (Å²) in [6.07, 6.45) is 1.71. The molecule has 1 aromatic carbocycles. The second-order valence-electron chi connectivity index (χ2n) is 5.73. The van der Waals surface area contributed by atoms with E-state index in [1.165, 1.54) is 0 Å². The normalized spacial score (nSPS) is 15.8. The van der Waals surface area contributed by atoms with Gasteiger partial charge in [-0.15, -0.1) is 0 Å². The number of nitrogens with one attached hydrogen (secondary N) is 2. The van der Waals surface area contributed by atoms with Crippen LogP contribution in [0.1, 0.15) is 36.3 Å². The fourth-order valence-corrected chi connectivity index (χ4v) is 2.38. The van der Waals surface area contributed by atoms with Gasteiger partial charge < -0.3 is 21.5 Å². The standard InChI is InChI=1S/C16H20N4O4/c17-13(18)11-3-1-10(2-4-11)12(5-8-20-9-21)14(22)24-16(6-7-16)15(19)23/h1-4,9,12H,5-8H2,(H3,17,18)(H2,19,23)(H,20,21). The lowest BCUT2D eigenvalue weighted by Crippen LogP contribution is -2.37. The third kappa shape index (κ3) is 3.89. The Morgan fingerprint density at radius 1 is 1.29 bits per heavy atom. The minimum absolute atomic E-state index is 0.0750. The van der Waals surface area contributed by atoms with E-state index in [9.17, 15) is 14.4 Å². The van der Waals surface area contributed by atoms with Crippen LogP contribution in [-0.4, -0.2) is 36.3 Å². The predicted molar refractivity (Wildman–Crippen MR) is 86.1 cm³/mol. The zero-order chi connectivity index (χ0) is 17.7. The summed E-state index contributed by atoms with van der Waals surface area (Å²) in [7, 11) is 0. The van der Waals surface area contributed by atoms with Crippen molar-refractivity contribution in [2.24, 2.45) is 11.5 Å². The third-order valence-corrected chi connectivity index (χ3v) is 4.02. The van der Waals surface area contributed by atoms with Gasteiger partial charge in [-0.3, -0.25) is 19.8 Å². The van der Waals surface area contributed by atoms with Crippen molar-refractivity contribution >= 4 is 24.1 Å². The van der Waals surface area contributed by atoms with Crippen LogP contribution in [0.3, 0.4) is 0 Å². The molecule has 8 heteroatoms. The topological polar surface area (TPSA) is 148 Å². The number of rotatable bonds is 9. The van der Waals surface area contributed by atoms with Crippen LogP contribution in [0.15, 0.2) is 24.3 Å². The molecule has 24 heavy (non-hydrogen) atoms. The van der Waals surface area contributed by atoms with Crippen LogP contribution in [0.5, 0.6) is 0 Å². The van der Waals surface area contributed by atoms with Crippen molar-refractivity contribution < 1.29 is 19.1 Å². The highest BCUT2D eigenvalue weighted by Crippen LogP contribution is 2.40. The molecule has 1 aromatic rings. The van der Waals surface area contributed by atoms with Gasteiger partial charge in [0, 0.05) is 24.9 Å². The molecule has 0 heterocycles. The van der Waals surface area contributed by atoms with Gasteiger partial charge in [-0.2, -0.15) is 0 Å². The van der Waals surface area contributed by atoms with Crippen LogP contribution in [0.25, 0.3) is 0 Å². The Morgan fingerprint density at radius 3 is 2.38 bits per heavy atom. The molecule has 0 aliphatic heterocycles. The molecule has 1 aliphatic rings. The molecule has 0 spiro atoms. The van der Waals surface area contributed by atoms with Crippen molar-refractivity contribution in [2.45, 2.75) is 30.8 Å². The zero-order valence-electron chi connectivity index (χ0n) is 13.1. The highest BCUT2D eigenvalue weighted by atomic mass is 16.6. The quantitative estimate of drug-likeness (QED) is 0.162. The number of amides is 2. The van der Waals surface area contributed by atoms with Gasteiger partial charge in [-0.1, -0.05) is 24.3 Å². The van der Waals surface area contributed by atoms with Gasteiger partial charge in [0.2, 0.25) is 6.41 Å². The van der Waals surface area contributed by atoms with Crippen LogP contribution in [0, 0.1) is 5.41 Å². The minimum Gasteiger partial charge on any atom is -0.448 e. The van der Waals surface area contributed by atoms with Gasteiger partial charge in [0.25, 0.3) is 5.91 Å². The maximum Gasteiger partial charge on any atom is 0.314 e. The summed E-state index contributed by atoms with van der Waals surface area (Å²) < 4.78 is 5.34. The number of hydrogen-bond donors (Lipinski definition) is 4. The molecule has 2 rings (SSSR count). The molecular formula is C16H20N4O4. The Hall–Kier alpha value is -2.90. The monoisotopic (exact) mass is 332 g/mol. The van der Waals surface area contributed by atoms with Crippen molar-refractivity contribution in [3.63, 3.8) is 0 Å². The average molecular weight is 332 g/mol. The lowest BCUT2D eigenvalue weighted by Gasteiger charge is -2.20. The summed E-state index contributed by atoms with van der Waals surface area (Å²) >= 11 is 0. The van der Waals surface area contributed by atoms with E-state index < -0.39 is 23.4 Å². The van der Waals surface area contributed by atoms with Crippen LogP contribution < -0.4 is 16.8 Å². The number of amidine groups is 1. The highest BCUT2D eigenvalue weighted by molar-refractivity contribution is 5.95. The number of primary amides is 1. The number of nitrogens with two attached hydrogens (primary N) is 2. The first-order valence-corrected chi connectivity index (χ1v) is 7.54. The molecule has 0 saturated heterocycles. The summed E-state index contributed by atoms with van der Waals surface area (Å²) in [5.74, 6) is -1.94. The van der Waals surface area contributed by atoms with Crippen LogP contribution in [-0.2, 0) is 19.1 Å². The fraction of sp³-hybridized carbons (Fsp3) is 0.375. The van der Waals surface area contributed by atoms with Crippen molar-refractivity contribution in [1.29, 1.82) is 5.41 Å². The smallest absolute Gasteiger partial charge is 0.314 e. The molecule has 2 amide bonds. The Labute approximate surface area is 139 Å². The van der Waals surface area contributed by atoms with Crippen molar-refractivity contribution in [3.8, 4) is 0 Å². The number of nitrogen functional groups attached to an aromatic ring is 1. The summed E-state index contributed by atoms with van der Waals surface area (Å²) in [6.45, 7) is 0.279. The van der Waals surface area contributed by atoms with Crippen LogP contribution >= 0.6 is 0 Å². The zero-order valence-corrected chi connectivity index (χ0v) is 13.1. The Balaban J connectivity index is 2.17. The van der Waals surface area contributed by atoms with E-state index in [4.69, 9.17) is 21.6 Å². The average Bonchev–Trinajstić information content (AvgIpc) is 3.32. The molecule has 128 valence electrons. The number of esters is 1. The summed E-state index contributed by atoms with van der Waals surface area (Å²) in [6, 6.07) is 6.61. The number of carbonyl (C=O) groups excluding carboxylic acids is 3. The highest BCUT2D eigenvalue weighted by Gasteiger charge is 2.53. The molecule has 8 nitrogen and oxygen atoms in total. The Morgan fingerprint density at radius 2 is 1.92 bits per heavy atom. The molecule has 1 fully saturated rings. The van der Waals surface area contributed by atoms with Crippen molar-refractivity contribution in [1.82, 2.24) is 5.32 Å². The lowest BCUT2D eigenvalue weighted by atomic mass is 9.94. The van der Waals surface area contributed by atoms with Gasteiger partial charge in [0.15, 0.2) is 5.60 Å². The second-order valence-corrected chi connectivity index (χ2v) is 5.73. The van der Waals surface area contributed by atoms with E-state index in [0.29, 0.717) is 36.8 Å². The maximum atomic E-state index is 12.5. The molecule has 0 bridgehead atoms. The van der Waals surface area contributed by atoms with Gasteiger partial charge in [0.05, 0.1) is 5.92 Å². The van der Waals surface area contributed by atoms with Crippen LogP contribution in [0.4, 0.5) is 0 Å². The van der Waals surface area contributed by atoms with E-state index in [1.807, 2.05) is 0 Å². The Kier molecular flexibility index (Phi) is 5.18. The molecule has 1 aliphatic carbocycles. The summed E-state index contributed by atoms with van der Waals surface area (Å²) in [5, 5.41) is 9.89. The van der Waals surface area contributed by atoms with E-state index in [2.05, 4.69) is 5.32 Å². The molecule has 6 N–H and O–H groups in total. The van der Waals surface area contributed by atoms with Gasteiger partial charge in [-0.25, -0.2) is 0 Å². The number of hydrogen-bond acceptors (Lipinski definition) is 5. The van der Waals surface area contributed by atoms with Crippen molar-refractivity contribution in [2.75, 3.05) is 6.54 Å². The SMILES string of the molecule is N=C(N)c1ccc(C(CCNC=O)C(=O)OC2(C(N)=O)CC2)cc1. The fourth-order valence-electron chi connectivity index (χ4n) is 2.38. The predicted octanol–water partition coefficient (Wildman–Crippen LogP) is -0.249. The number of ether oxygens (including phenoxy) is 1. The summed E-state index contributed by atoms with van der Waals surface area (Å²) in [4.78, 5) is 34.3. The first-order valence-electron chi connectivity index (χ1n) is 7.54. The van der Waals surface area contributed by atoms with Crippen molar-refractivity contribution in [3.05, 3.63) is 35.4 Å². The van der Waals surface area contributed by atoms with E-state index in [-0.39, 0.29) is 12.4 Å². The first-order chi connectivity index (χ1) is 11.4. The summed E-state index contributed by atoms with van der Waals surface area (Å²) in [5.41, 5.74) is 10.7. The minimum atomic E-state index is -1.19. The maximum absolute atomic E-state index is 12.5. The van der Waals surface area contributed by atoms with Gasteiger partial charge in [0.1, 0.15) is 5.84 Å². The molecule has 1 saturated carbocycles. The lowest BCUT2D eigenvalue weighted by molar-refractivity contribution is -0.159. The van der Waals surface area contributed by atoms with Gasteiger partial charge in [-0.05, 0) is 12.0 Å². The van der Waals surface area contributed by atoms with Crippen LogP contribution in [0.2, 0.25) is 0 Å². The first kappa shape index (κ1) is 17.5. The molecular weight excluding hydrogens is 312 g/mol. The third-order valence-electron chi connectivity index (χ3n) is 4.02. The van der Waals surface area contributed by atoms with E-state index in [0.717, 1.165) is 0 Å². The molecule has 0 radical (unpaired) electrons. The molecule has 1 atom stereocenters. The molecule has 1 unspecified atom stereocenters. The largest absolute Gasteiger partial charge is 0.448 e. The van der Waals surface area contributed by atoms with E-state index in [1.54, 1.807) is 24.3 Å². The molecule has 0 aromatic heterocycles. The second kappa shape index (κ2) is 7.12. The van der Waals surface area contributed by atoms with E-state index >= 15 is 0 Å².